The molecule has 16 heavy (non-hydrogen) atoms. The number of allylic oxidation sites excluding steroid dienone is 2. The van der Waals surface area contributed by atoms with Gasteiger partial charge in [0.15, 0.2) is 5.78 Å². The molecular formula is C12H18O3S. The van der Waals surface area contributed by atoms with Crippen LogP contribution in [-0.4, -0.2) is 24.1 Å². The Morgan fingerprint density at radius 1 is 1.44 bits per heavy atom. The molecule has 0 aromatic heterocycles. The van der Waals surface area contributed by atoms with E-state index >= 15 is 0 Å². The molecule has 0 radical (unpaired) electrons. The molecule has 1 aliphatic heterocycles. The lowest BCUT2D eigenvalue weighted by Gasteiger charge is -2.23. The van der Waals surface area contributed by atoms with Crippen molar-refractivity contribution in [2.75, 3.05) is 12.4 Å². The summed E-state index contributed by atoms with van der Waals surface area (Å²) in [5, 5.41) is 0. The minimum absolute atomic E-state index is 0.0818. The Hall–Kier alpha value is -0.770. The molecule has 1 rings (SSSR count). The summed E-state index contributed by atoms with van der Waals surface area (Å²) in [7, 11) is 0. The standard InChI is InChI=1S/C12H18O3S/c1-4-11-10(8(3)13)6-9(7-16-11)12(14)15-5-2/h9H,4-7H2,1-3H3/t9-/m0/s1. The van der Waals surface area contributed by atoms with Crippen LogP contribution in [0.1, 0.15) is 33.6 Å². The molecule has 0 saturated carbocycles. The average Bonchev–Trinajstić information content (AvgIpc) is 2.28. The Morgan fingerprint density at radius 2 is 2.12 bits per heavy atom. The van der Waals surface area contributed by atoms with Crippen molar-refractivity contribution < 1.29 is 14.3 Å². The molecule has 4 heteroatoms. The van der Waals surface area contributed by atoms with Gasteiger partial charge in [0.2, 0.25) is 0 Å². The zero-order chi connectivity index (χ0) is 12.1. The fraction of sp³-hybridized carbons (Fsp3) is 0.667. The number of carbonyl (C=O) groups is 2. The predicted octanol–water partition coefficient (Wildman–Crippen LogP) is 2.56. The van der Waals surface area contributed by atoms with Crippen molar-refractivity contribution in [3.05, 3.63) is 10.5 Å². The highest BCUT2D eigenvalue weighted by Gasteiger charge is 2.28. The molecule has 0 spiro atoms. The second kappa shape index (κ2) is 6.09. The Balaban J connectivity index is 2.76. The van der Waals surface area contributed by atoms with Gasteiger partial charge < -0.3 is 4.74 Å². The SMILES string of the molecule is CCOC(=O)[C@@H]1CSC(CC)=C(C(C)=O)C1. The van der Waals surface area contributed by atoms with E-state index in [0.717, 1.165) is 22.7 Å². The Kier molecular flexibility index (Phi) is 5.06. The largest absolute Gasteiger partial charge is 0.466 e. The van der Waals surface area contributed by atoms with Crippen LogP contribution in [-0.2, 0) is 14.3 Å². The molecule has 90 valence electrons. The van der Waals surface area contributed by atoms with Gasteiger partial charge in [-0.2, -0.15) is 0 Å². The van der Waals surface area contributed by atoms with Crippen LogP contribution in [0.4, 0.5) is 0 Å². The monoisotopic (exact) mass is 242 g/mol. The molecule has 0 amide bonds. The van der Waals surface area contributed by atoms with Gasteiger partial charge in [0, 0.05) is 11.3 Å². The van der Waals surface area contributed by atoms with E-state index in [0.29, 0.717) is 13.0 Å². The summed E-state index contributed by atoms with van der Waals surface area (Å²) in [6.07, 6.45) is 1.42. The second-order valence-electron chi connectivity index (χ2n) is 3.78. The molecule has 0 fully saturated rings. The fourth-order valence-electron chi connectivity index (χ4n) is 1.77. The molecule has 0 aromatic carbocycles. The summed E-state index contributed by atoms with van der Waals surface area (Å²) in [5.74, 6) is 0.486. The van der Waals surface area contributed by atoms with E-state index in [1.807, 2.05) is 6.92 Å². The molecule has 1 atom stereocenters. The van der Waals surface area contributed by atoms with E-state index in [-0.39, 0.29) is 17.7 Å². The van der Waals surface area contributed by atoms with Crippen LogP contribution in [0, 0.1) is 5.92 Å². The van der Waals surface area contributed by atoms with Gasteiger partial charge in [0.25, 0.3) is 0 Å². The first-order valence-corrected chi connectivity index (χ1v) is 6.61. The van der Waals surface area contributed by atoms with Crippen LogP contribution in [0.15, 0.2) is 10.5 Å². The van der Waals surface area contributed by atoms with Crippen LogP contribution in [0.2, 0.25) is 0 Å². The lowest BCUT2D eigenvalue weighted by molar-refractivity contribution is -0.147. The van der Waals surface area contributed by atoms with Gasteiger partial charge >= 0.3 is 5.97 Å². The first-order valence-electron chi connectivity index (χ1n) is 5.62. The fourth-order valence-corrected chi connectivity index (χ4v) is 3.04. The highest BCUT2D eigenvalue weighted by atomic mass is 32.2. The summed E-state index contributed by atoms with van der Waals surface area (Å²) >= 11 is 1.62. The van der Waals surface area contributed by atoms with Crippen molar-refractivity contribution >= 4 is 23.5 Å². The lowest BCUT2D eigenvalue weighted by atomic mass is 9.97. The van der Waals surface area contributed by atoms with E-state index in [2.05, 4.69) is 0 Å². The number of hydrogen-bond acceptors (Lipinski definition) is 4. The van der Waals surface area contributed by atoms with Crippen molar-refractivity contribution in [2.24, 2.45) is 5.92 Å². The van der Waals surface area contributed by atoms with Crippen molar-refractivity contribution in [2.45, 2.75) is 33.6 Å². The van der Waals surface area contributed by atoms with Crippen LogP contribution in [0.3, 0.4) is 0 Å². The number of Topliss-reactive ketones (excluding diaryl/α,β-unsaturated/α-hetero) is 1. The number of ketones is 1. The number of carbonyl (C=O) groups excluding carboxylic acids is 2. The third-order valence-corrected chi connectivity index (χ3v) is 4.06. The van der Waals surface area contributed by atoms with Crippen molar-refractivity contribution in [3.63, 3.8) is 0 Å². The first-order chi connectivity index (χ1) is 7.60. The third kappa shape index (κ3) is 3.11. The van der Waals surface area contributed by atoms with Crippen molar-refractivity contribution in [1.82, 2.24) is 0 Å². The Morgan fingerprint density at radius 3 is 2.62 bits per heavy atom. The van der Waals surface area contributed by atoms with Gasteiger partial charge in [-0.05, 0) is 31.6 Å². The minimum atomic E-state index is -0.177. The van der Waals surface area contributed by atoms with Crippen molar-refractivity contribution in [3.8, 4) is 0 Å². The molecule has 0 saturated heterocycles. The number of esters is 1. The molecular weight excluding hydrogens is 224 g/mol. The highest BCUT2D eigenvalue weighted by Crippen LogP contribution is 2.36. The highest BCUT2D eigenvalue weighted by molar-refractivity contribution is 8.03. The molecule has 0 aromatic rings. The second-order valence-corrected chi connectivity index (χ2v) is 4.89. The zero-order valence-electron chi connectivity index (χ0n) is 10.0. The maximum atomic E-state index is 11.6. The Labute approximate surface area is 101 Å². The number of thioether (sulfide) groups is 1. The average molecular weight is 242 g/mol. The zero-order valence-corrected chi connectivity index (χ0v) is 10.9. The maximum Gasteiger partial charge on any atom is 0.310 e. The molecule has 0 N–H and O–H groups in total. The quantitative estimate of drug-likeness (QED) is 0.711. The maximum absolute atomic E-state index is 11.6. The van der Waals surface area contributed by atoms with E-state index in [1.54, 1.807) is 25.6 Å². The summed E-state index contributed by atoms with van der Waals surface area (Å²) in [5.41, 5.74) is 0.816. The normalized spacial score (nSPS) is 20.8. The van der Waals surface area contributed by atoms with E-state index in [4.69, 9.17) is 4.74 Å². The summed E-state index contributed by atoms with van der Waals surface area (Å²) in [6.45, 7) is 5.81. The van der Waals surface area contributed by atoms with Crippen molar-refractivity contribution in [1.29, 1.82) is 0 Å². The van der Waals surface area contributed by atoms with Gasteiger partial charge in [-0.15, -0.1) is 11.8 Å². The summed E-state index contributed by atoms with van der Waals surface area (Å²) in [4.78, 5) is 24.2. The van der Waals surface area contributed by atoms with Gasteiger partial charge in [-0.3, -0.25) is 9.59 Å². The summed E-state index contributed by atoms with van der Waals surface area (Å²) in [6, 6.07) is 0. The lowest BCUT2D eigenvalue weighted by Crippen LogP contribution is -2.25. The van der Waals surface area contributed by atoms with Gasteiger partial charge in [0.1, 0.15) is 0 Å². The first kappa shape index (κ1) is 13.3. The third-order valence-electron chi connectivity index (χ3n) is 2.61. The number of ether oxygens (including phenoxy) is 1. The van der Waals surface area contributed by atoms with Gasteiger partial charge in [0.05, 0.1) is 12.5 Å². The van der Waals surface area contributed by atoms with Crippen LogP contribution < -0.4 is 0 Å². The van der Waals surface area contributed by atoms with E-state index < -0.39 is 0 Å². The van der Waals surface area contributed by atoms with E-state index in [9.17, 15) is 9.59 Å². The predicted molar refractivity (Wildman–Crippen MR) is 65.2 cm³/mol. The molecule has 0 unspecified atom stereocenters. The molecule has 3 nitrogen and oxygen atoms in total. The summed E-state index contributed by atoms with van der Waals surface area (Å²) < 4.78 is 4.99. The molecule has 0 bridgehead atoms. The minimum Gasteiger partial charge on any atom is -0.466 e. The van der Waals surface area contributed by atoms with E-state index in [1.165, 1.54) is 0 Å². The van der Waals surface area contributed by atoms with Crippen LogP contribution in [0.5, 0.6) is 0 Å². The topological polar surface area (TPSA) is 43.4 Å². The van der Waals surface area contributed by atoms with Crippen LogP contribution in [0.25, 0.3) is 0 Å². The molecule has 1 heterocycles. The molecule has 1 aliphatic rings. The van der Waals surface area contributed by atoms with Crippen LogP contribution >= 0.6 is 11.8 Å². The van der Waals surface area contributed by atoms with Gasteiger partial charge in [-0.1, -0.05) is 6.92 Å². The number of hydrogen-bond donors (Lipinski definition) is 0. The Bertz CT molecular complexity index is 320. The van der Waals surface area contributed by atoms with Gasteiger partial charge in [-0.25, -0.2) is 0 Å². The molecule has 0 aliphatic carbocycles. The smallest absolute Gasteiger partial charge is 0.310 e. The number of rotatable bonds is 4.